The van der Waals surface area contributed by atoms with Crippen LogP contribution in [0.25, 0.3) is 0 Å². The molecule has 0 atom stereocenters. The summed E-state index contributed by atoms with van der Waals surface area (Å²) in [6.45, 7) is 3.72. The van der Waals surface area contributed by atoms with Gasteiger partial charge in [0.2, 0.25) is 0 Å². The van der Waals surface area contributed by atoms with Crippen LogP contribution >= 0.6 is 0 Å². The Morgan fingerprint density at radius 2 is 1.55 bits per heavy atom. The summed E-state index contributed by atoms with van der Waals surface area (Å²) in [6.07, 6.45) is 0. The van der Waals surface area contributed by atoms with Crippen LogP contribution in [0.4, 0.5) is 0 Å². The van der Waals surface area contributed by atoms with Crippen molar-refractivity contribution in [2.75, 3.05) is 0 Å². The van der Waals surface area contributed by atoms with Crippen LogP contribution in [0.2, 0.25) is 0 Å². The van der Waals surface area contributed by atoms with E-state index in [0.717, 1.165) is 11.1 Å². The highest BCUT2D eigenvalue weighted by Gasteiger charge is 2.04. The molecular formula is C9H9O2. The molecule has 0 aliphatic heterocycles. The van der Waals surface area contributed by atoms with Crippen LogP contribution in [-0.4, -0.2) is 5.97 Å². The standard InChI is InChI=1S/C9H9O2/c1-6-3-7(2)5-8(4-6)9(10)11/h3-5H,1-2H3. The molecule has 0 aromatic heterocycles. The van der Waals surface area contributed by atoms with E-state index in [1.807, 2.05) is 19.9 Å². The van der Waals surface area contributed by atoms with Gasteiger partial charge in [-0.25, -0.2) is 9.90 Å². The third-order valence-electron chi connectivity index (χ3n) is 1.46. The zero-order valence-electron chi connectivity index (χ0n) is 6.55. The number of hydrogen-bond acceptors (Lipinski definition) is 1. The first kappa shape index (κ1) is 7.79. The summed E-state index contributed by atoms with van der Waals surface area (Å²) in [5, 5.41) is 10.4. The number of benzene rings is 1. The maximum absolute atomic E-state index is 10.4. The Morgan fingerprint density at radius 3 is 1.91 bits per heavy atom. The fourth-order valence-corrected chi connectivity index (χ4v) is 1.09. The number of aryl methyl sites for hydroxylation is 2. The molecule has 0 saturated heterocycles. The highest BCUT2D eigenvalue weighted by molar-refractivity contribution is 5.87. The van der Waals surface area contributed by atoms with Gasteiger partial charge >= 0.3 is 5.97 Å². The summed E-state index contributed by atoms with van der Waals surface area (Å²) in [6, 6.07) is 5.12. The first-order chi connectivity index (χ1) is 5.09. The van der Waals surface area contributed by atoms with Gasteiger partial charge in [-0.1, -0.05) is 17.2 Å². The Kier molecular flexibility index (Phi) is 1.94. The van der Waals surface area contributed by atoms with Crippen molar-refractivity contribution in [1.82, 2.24) is 0 Å². The Balaban J connectivity index is 3.19. The summed E-state index contributed by atoms with van der Waals surface area (Å²) in [7, 11) is 0. The minimum Gasteiger partial charge on any atom is -0.242 e. The van der Waals surface area contributed by atoms with Crippen molar-refractivity contribution in [3.8, 4) is 0 Å². The molecule has 0 aliphatic rings. The predicted molar refractivity (Wildman–Crippen MR) is 40.9 cm³/mol. The van der Waals surface area contributed by atoms with Gasteiger partial charge in [0.05, 0.1) is 5.56 Å². The lowest BCUT2D eigenvalue weighted by Crippen LogP contribution is -1.95. The van der Waals surface area contributed by atoms with E-state index in [1.54, 1.807) is 12.1 Å². The average molecular weight is 149 g/mol. The number of carbonyl (C=O) groups excluding carboxylic acids is 1. The maximum atomic E-state index is 10.4. The number of carbonyl (C=O) groups is 1. The molecule has 0 bridgehead atoms. The van der Waals surface area contributed by atoms with Crippen molar-refractivity contribution < 1.29 is 9.90 Å². The fraction of sp³-hybridized carbons (Fsp3) is 0.222. The maximum Gasteiger partial charge on any atom is 0.386 e. The van der Waals surface area contributed by atoms with Crippen LogP contribution in [0.3, 0.4) is 0 Å². The minimum atomic E-state index is -1.11. The molecule has 2 nitrogen and oxygen atoms in total. The van der Waals surface area contributed by atoms with Crippen molar-refractivity contribution >= 4 is 5.97 Å². The quantitative estimate of drug-likeness (QED) is 0.600. The smallest absolute Gasteiger partial charge is 0.242 e. The van der Waals surface area contributed by atoms with E-state index < -0.39 is 5.97 Å². The molecule has 1 radical (unpaired) electrons. The minimum absolute atomic E-state index is 0.252. The largest absolute Gasteiger partial charge is 0.386 e. The Morgan fingerprint density at radius 1 is 1.09 bits per heavy atom. The van der Waals surface area contributed by atoms with Gasteiger partial charge in [0, 0.05) is 0 Å². The molecule has 1 aromatic carbocycles. The van der Waals surface area contributed by atoms with Crippen molar-refractivity contribution in [3.63, 3.8) is 0 Å². The highest BCUT2D eigenvalue weighted by atomic mass is 16.4. The van der Waals surface area contributed by atoms with Crippen molar-refractivity contribution in [2.45, 2.75) is 13.8 Å². The van der Waals surface area contributed by atoms with Gasteiger partial charge in [0.1, 0.15) is 0 Å². The molecule has 0 spiro atoms. The fourth-order valence-electron chi connectivity index (χ4n) is 1.09. The molecule has 0 aliphatic carbocycles. The van der Waals surface area contributed by atoms with Gasteiger partial charge < -0.3 is 0 Å². The van der Waals surface area contributed by atoms with Gasteiger partial charge in [-0.05, 0) is 26.0 Å². The van der Waals surface area contributed by atoms with Crippen molar-refractivity contribution in [3.05, 3.63) is 34.9 Å². The van der Waals surface area contributed by atoms with Crippen molar-refractivity contribution in [2.24, 2.45) is 0 Å². The van der Waals surface area contributed by atoms with E-state index in [9.17, 15) is 9.90 Å². The topological polar surface area (TPSA) is 37.0 Å². The lowest BCUT2D eigenvalue weighted by atomic mass is 10.1. The van der Waals surface area contributed by atoms with Crippen LogP contribution in [0, 0.1) is 13.8 Å². The molecule has 0 unspecified atom stereocenters. The van der Waals surface area contributed by atoms with Crippen LogP contribution in [0.1, 0.15) is 21.5 Å². The average Bonchev–Trinajstić information content (AvgIpc) is 1.85. The number of hydrogen-bond donors (Lipinski definition) is 0. The third kappa shape index (κ3) is 1.80. The molecule has 0 N–H and O–H groups in total. The third-order valence-corrected chi connectivity index (χ3v) is 1.46. The summed E-state index contributed by atoms with van der Waals surface area (Å²) >= 11 is 0. The van der Waals surface area contributed by atoms with E-state index in [2.05, 4.69) is 0 Å². The first-order valence-electron chi connectivity index (χ1n) is 3.39. The second-order valence-electron chi connectivity index (χ2n) is 2.66. The van der Waals surface area contributed by atoms with E-state index >= 15 is 0 Å². The Bertz CT molecular complexity index is 269. The first-order valence-corrected chi connectivity index (χ1v) is 3.39. The summed E-state index contributed by atoms with van der Waals surface area (Å²) in [5.74, 6) is -1.11. The summed E-state index contributed by atoms with van der Waals surface area (Å²) in [4.78, 5) is 10.4. The summed E-state index contributed by atoms with van der Waals surface area (Å²) in [5.41, 5.74) is 2.15. The second kappa shape index (κ2) is 2.74. The summed E-state index contributed by atoms with van der Waals surface area (Å²) < 4.78 is 0. The van der Waals surface area contributed by atoms with Gasteiger partial charge in [0.25, 0.3) is 0 Å². The molecule has 11 heavy (non-hydrogen) atoms. The molecule has 2 heteroatoms. The zero-order valence-corrected chi connectivity index (χ0v) is 6.55. The van der Waals surface area contributed by atoms with Gasteiger partial charge in [-0.3, -0.25) is 0 Å². The molecule has 1 aromatic rings. The monoisotopic (exact) mass is 149 g/mol. The zero-order chi connectivity index (χ0) is 8.43. The molecule has 0 amide bonds. The Hall–Kier alpha value is -1.31. The van der Waals surface area contributed by atoms with Gasteiger partial charge in [0.15, 0.2) is 0 Å². The number of rotatable bonds is 1. The Labute approximate surface area is 65.5 Å². The molecular weight excluding hydrogens is 140 g/mol. The SMILES string of the molecule is Cc1cc(C)cc(C([O])=O)c1. The van der Waals surface area contributed by atoms with E-state index in [-0.39, 0.29) is 5.56 Å². The van der Waals surface area contributed by atoms with Crippen LogP contribution in [-0.2, 0) is 5.11 Å². The van der Waals surface area contributed by atoms with E-state index in [4.69, 9.17) is 0 Å². The van der Waals surface area contributed by atoms with Crippen LogP contribution < -0.4 is 0 Å². The van der Waals surface area contributed by atoms with Crippen LogP contribution in [0.15, 0.2) is 18.2 Å². The molecule has 57 valence electrons. The van der Waals surface area contributed by atoms with Gasteiger partial charge in [-0.2, -0.15) is 0 Å². The van der Waals surface area contributed by atoms with Gasteiger partial charge in [-0.15, -0.1) is 0 Å². The molecule has 1 rings (SSSR count). The van der Waals surface area contributed by atoms with E-state index in [0.29, 0.717) is 0 Å². The second-order valence-corrected chi connectivity index (χ2v) is 2.66. The normalized spacial score (nSPS) is 9.64. The van der Waals surface area contributed by atoms with Crippen LogP contribution in [0.5, 0.6) is 0 Å². The van der Waals surface area contributed by atoms with E-state index in [1.165, 1.54) is 0 Å². The lowest BCUT2D eigenvalue weighted by Gasteiger charge is -1.97. The predicted octanol–water partition coefficient (Wildman–Crippen LogP) is 1.87. The molecule has 0 saturated carbocycles. The van der Waals surface area contributed by atoms with Crippen molar-refractivity contribution in [1.29, 1.82) is 0 Å². The molecule has 0 fully saturated rings. The molecule has 0 heterocycles. The lowest BCUT2D eigenvalue weighted by molar-refractivity contribution is 0.0573. The highest BCUT2D eigenvalue weighted by Crippen LogP contribution is 2.08.